The lowest BCUT2D eigenvalue weighted by molar-refractivity contribution is -0.00798. The van der Waals surface area contributed by atoms with Crippen LogP contribution in [0.4, 0.5) is 0 Å². The van der Waals surface area contributed by atoms with Crippen molar-refractivity contribution >= 4 is 22.5 Å². The number of rotatable bonds is 3. The first-order valence-electron chi connectivity index (χ1n) is 11.2. The van der Waals surface area contributed by atoms with E-state index in [1.165, 1.54) is 17.7 Å². The van der Waals surface area contributed by atoms with Crippen molar-refractivity contribution in [2.45, 2.75) is 25.5 Å². The molecule has 0 saturated carbocycles. The molecule has 0 aliphatic carbocycles. The Balaban J connectivity index is 2.00. The van der Waals surface area contributed by atoms with E-state index in [4.69, 9.17) is 21.1 Å². The summed E-state index contributed by atoms with van der Waals surface area (Å²) in [7, 11) is 4.71. The highest BCUT2D eigenvalue weighted by molar-refractivity contribution is 6.30. The molecule has 0 saturated heterocycles. The van der Waals surface area contributed by atoms with E-state index in [9.17, 15) is 14.7 Å². The van der Waals surface area contributed by atoms with Crippen molar-refractivity contribution in [2.75, 3.05) is 13.7 Å². The monoisotopic (exact) mass is 495 g/mol. The first-order valence-corrected chi connectivity index (χ1v) is 11.5. The first-order chi connectivity index (χ1) is 16.6. The molecule has 35 heavy (non-hydrogen) atoms. The zero-order valence-electron chi connectivity index (χ0n) is 20.1. The Hall–Kier alpha value is -3.49. The number of ether oxygens (including phenoxy) is 2. The maximum Gasteiger partial charge on any atom is 0.331 e. The molecule has 0 bridgehead atoms. The van der Waals surface area contributed by atoms with Gasteiger partial charge in [-0.05, 0) is 61.9 Å². The molecule has 0 fully saturated rings. The van der Waals surface area contributed by atoms with Gasteiger partial charge in [-0.25, -0.2) is 4.79 Å². The van der Waals surface area contributed by atoms with E-state index < -0.39 is 22.9 Å². The molecule has 9 heteroatoms. The quantitative estimate of drug-likeness (QED) is 0.465. The highest BCUT2D eigenvalue weighted by atomic mass is 35.5. The lowest BCUT2D eigenvalue weighted by Crippen LogP contribution is -2.40. The number of hydrogen-bond donors (Lipinski definition) is 1. The molecule has 4 aromatic rings. The SMILES string of the molecule is COc1ccc(-c2c3c(=O)n(C)c(=O)n(C)c3c3n2C(C)(C)CO[C@@H]3c2cc(Cl)ccc2O)cc1. The first kappa shape index (κ1) is 23.3. The molecule has 5 rings (SSSR count). The van der Waals surface area contributed by atoms with Crippen molar-refractivity contribution < 1.29 is 14.6 Å². The van der Waals surface area contributed by atoms with Gasteiger partial charge < -0.3 is 19.1 Å². The number of methoxy groups -OCH3 is 1. The molecule has 0 spiro atoms. The lowest BCUT2D eigenvalue weighted by Gasteiger charge is -2.39. The third-order valence-electron chi connectivity index (χ3n) is 6.70. The fourth-order valence-electron chi connectivity index (χ4n) is 4.99. The maximum atomic E-state index is 13.6. The number of aryl methyl sites for hydroxylation is 1. The van der Waals surface area contributed by atoms with Crippen molar-refractivity contribution in [1.29, 1.82) is 0 Å². The van der Waals surface area contributed by atoms with Gasteiger partial charge in [0.05, 0.1) is 41.5 Å². The van der Waals surface area contributed by atoms with Crippen molar-refractivity contribution in [3.8, 4) is 22.8 Å². The number of fused-ring (bicyclic) bond motifs is 3. The molecule has 0 amide bonds. The van der Waals surface area contributed by atoms with Crippen LogP contribution in [-0.2, 0) is 24.4 Å². The van der Waals surface area contributed by atoms with Gasteiger partial charge in [0.2, 0.25) is 0 Å². The third kappa shape index (κ3) is 3.39. The summed E-state index contributed by atoms with van der Waals surface area (Å²) in [6, 6.07) is 12.2. The molecule has 0 unspecified atom stereocenters. The van der Waals surface area contributed by atoms with Gasteiger partial charge in [-0.1, -0.05) is 11.6 Å². The number of aromatic nitrogens is 3. The molecule has 2 aromatic carbocycles. The number of phenolic OH excluding ortho intramolecular Hbond substituents is 1. The second-order valence-corrected chi connectivity index (χ2v) is 9.87. The van der Waals surface area contributed by atoms with E-state index in [1.54, 1.807) is 26.3 Å². The molecule has 1 aliphatic heterocycles. The van der Waals surface area contributed by atoms with Crippen LogP contribution in [0.5, 0.6) is 11.5 Å². The summed E-state index contributed by atoms with van der Waals surface area (Å²) in [6.45, 7) is 4.33. The predicted molar refractivity (Wildman–Crippen MR) is 135 cm³/mol. The third-order valence-corrected chi connectivity index (χ3v) is 6.94. The van der Waals surface area contributed by atoms with Crippen LogP contribution < -0.4 is 16.0 Å². The minimum absolute atomic E-state index is 0.0137. The molecule has 1 atom stereocenters. The topological polar surface area (TPSA) is 87.6 Å². The minimum atomic E-state index is -0.756. The van der Waals surface area contributed by atoms with E-state index in [-0.39, 0.29) is 5.75 Å². The van der Waals surface area contributed by atoms with Crippen LogP contribution >= 0.6 is 11.6 Å². The smallest absolute Gasteiger partial charge is 0.331 e. The van der Waals surface area contributed by atoms with E-state index in [0.29, 0.717) is 45.2 Å². The Kier molecular flexibility index (Phi) is 5.34. The van der Waals surface area contributed by atoms with E-state index in [2.05, 4.69) is 4.57 Å². The fraction of sp³-hybridized carbons (Fsp3) is 0.308. The number of nitrogens with zero attached hydrogens (tertiary/aromatic N) is 3. The number of halogens is 1. The van der Waals surface area contributed by atoms with E-state index in [0.717, 1.165) is 10.1 Å². The van der Waals surface area contributed by atoms with Crippen LogP contribution in [0.2, 0.25) is 5.02 Å². The summed E-state index contributed by atoms with van der Waals surface area (Å²) < 4.78 is 16.3. The number of aromatic hydroxyl groups is 1. The summed E-state index contributed by atoms with van der Waals surface area (Å²) in [5.41, 5.74) is 1.57. The van der Waals surface area contributed by atoms with Crippen LogP contribution in [0.15, 0.2) is 52.1 Å². The summed E-state index contributed by atoms with van der Waals surface area (Å²) in [4.78, 5) is 26.6. The van der Waals surface area contributed by atoms with Gasteiger partial charge in [-0.3, -0.25) is 13.9 Å². The van der Waals surface area contributed by atoms with Crippen LogP contribution in [0, 0.1) is 0 Å². The van der Waals surface area contributed by atoms with Gasteiger partial charge in [0.15, 0.2) is 0 Å². The zero-order chi connectivity index (χ0) is 25.2. The largest absolute Gasteiger partial charge is 0.508 e. The Labute approximate surface area is 206 Å². The van der Waals surface area contributed by atoms with Gasteiger partial charge >= 0.3 is 5.69 Å². The molecule has 3 heterocycles. The van der Waals surface area contributed by atoms with E-state index >= 15 is 0 Å². The minimum Gasteiger partial charge on any atom is -0.508 e. The molecule has 1 N–H and O–H groups in total. The Morgan fingerprint density at radius 1 is 1.09 bits per heavy atom. The van der Waals surface area contributed by atoms with Crippen molar-refractivity contribution in [2.24, 2.45) is 14.1 Å². The second kappa shape index (κ2) is 8.03. The Bertz CT molecular complexity index is 1600. The zero-order valence-corrected chi connectivity index (χ0v) is 20.9. The molecule has 0 radical (unpaired) electrons. The lowest BCUT2D eigenvalue weighted by atomic mass is 9.97. The van der Waals surface area contributed by atoms with E-state index in [1.807, 2.05) is 38.1 Å². The number of phenols is 1. The Morgan fingerprint density at radius 2 is 1.77 bits per heavy atom. The molecule has 182 valence electrons. The molecule has 2 aromatic heterocycles. The van der Waals surface area contributed by atoms with Crippen molar-refractivity contribution in [3.63, 3.8) is 0 Å². The highest BCUT2D eigenvalue weighted by Crippen LogP contribution is 2.47. The van der Waals surface area contributed by atoms with Gasteiger partial charge in [0, 0.05) is 24.7 Å². The Morgan fingerprint density at radius 3 is 2.43 bits per heavy atom. The van der Waals surface area contributed by atoms with Crippen molar-refractivity contribution in [3.05, 3.63) is 79.6 Å². The normalized spacial score (nSPS) is 16.9. The average molecular weight is 496 g/mol. The van der Waals surface area contributed by atoms with Gasteiger partial charge in [0.1, 0.15) is 17.6 Å². The summed E-state index contributed by atoms with van der Waals surface area (Å²) >= 11 is 6.28. The predicted octanol–water partition coefficient (Wildman–Crippen LogP) is 3.93. The van der Waals surface area contributed by atoms with Crippen LogP contribution in [0.25, 0.3) is 22.2 Å². The van der Waals surface area contributed by atoms with Crippen LogP contribution in [-0.4, -0.2) is 32.5 Å². The van der Waals surface area contributed by atoms with Gasteiger partial charge in [0.25, 0.3) is 5.56 Å². The average Bonchev–Trinajstić information content (AvgIpc) is 3.21. The number of benzene rings is 2. The fourth-order valence-corrected chi connectivity index (χ4v) is 5.17. The molecule has 8 nitrogen and oxygen atoms in total. The number of hydrogen-bond acceptors (Lipinski definition) is 5. The van der Waals surface area contributed by atoms with Gasteiger partial charge in [-0.2, -0.15) is 0 Å². The summed E-state index contributed by atoms with van der Waals surface area (Å²) in [6.07, 6.45) is -0.756. The summed E-state index contributed by atoms with van der Waals surface area (Å²) in [5, 5.41) is 11.6. The maximum absolute atomic E-state index is 13.6. The van der Waals surface area contributed by atoms with Crippen LogP contribution in [0.1, 0.15) is 31.2 Å². The molecular weight excluding hydrogens is 470 g/mol. The highest BCUT2D eigenvalue weighted by Gasteiger charge is 2.41. The standard InChI is InChI=1S/C26H26ClN3O5/c1-26(2)13-35-23(17-12-15(27)8-11-18(17)31)22-21-19(24(32)29(4)25(33)28(21)3)20(30(22)26)14-6-9-16(34-5)10-7-14/h6-12,23,31H,13H2,1-5H3/t23-/m1/s1. The van der Waals surface area contributed by atoms with Crippen molar-refractivity contribution in [1.82, 2.24) is 13.7 Å². The second-order valence-electron chi connectivity index (χ2n) is 9.43. The molecular formula is C26H26ClN3O5. The molecule has 1 aliphatic rings. The van der Waals surface area contributed by atoms with Crippen LogP contribution in [0.3, 0.4) is 0 Å². The van der Waals surface area contributed by atoms with Gasteiger partial charge in [-0.15, -0.1) is 0 Å². The summed E-state index contributed by atoms with van der Waals surface area (Å²) in [5.74, 6) is 0.702.